The minimum atomic E-state index is -0.941. The SMILES string of the molecule is Cc1cccc(NC(=O)CN(CC(=O)O)C(C)(C)C)c1. The van der Waals surface area contributed by atoms with Crippen LogP contribution in [-0.2, 0) is 9.59 Å². The van der Waals surface area contributed by atoms with Gasteiger partial charge in [0.2, 0.25) is 5.91 Å². The molecule has 5 nitrogen and oxygen atoms in total. The molecule has 0 heterocycles. The fourth-order valence-corrected chi connectivity index (χ4v) is 1.79. The number of aryl methyl sites for hydroxylation is 1. The van der Waals surface area contributed by atoms with E-state index in [4.69, 9.17) is 5.11 Å². The van der Waals surface area contributed by atoms with E-state index in [2.05, 4.69) is 5.32 Å². The molecule has 2 N–H and O–H groups in total. The molecule has 0 bridgehead atoms. The van der Waals surface area contributed by atoms with Gasteiger partial charge < -0.3 is 10.4 Å². The predicted molar refractivity (Wildman–Crippen MR) is 78.8 cm³/mol. The number of hydrogen-bond donors (Lipinski definition) is 2. The van der Waals surface area contributed by atoms with Gasteiger partial charge in [-0.05, 0) is 45.4 Å². The Bertz CT molecular complexity index is 492. The van der Waals surface area contributed by atoms with Gasteiger partial charge in [0, 0.05) is 11.2 Å². The first-order valence-electron chi connectivity index (χ1n) is 6.52. The average molecular weight is 278 g/mol. The lowest BCUT2D eigenvalue weighted by Gasteiger charge is -2.33. The van der Waals surface area contributed by atoms with Crippen LogP contribution in [0.1, 0.15) is 26.3 Å². The van der Waals surface area contributed by atoms with E-state index in [1.807, 2.05) is 52.0 Å². The van der Waals surface area contributed by atoms with Gasteiger partial charge in [0.05, 0.1) is 13.1 Å². The number of nitrogens with one attached hydrogen (secondary N) is 1. The quantitative estimate of drug-likeness (QED) is 0.865. The zero-order chi connectivity index (χ0) is 15.3. The molecule has 0 fully saturated rings. The Kier molecular flexibility index (Phi) is 5.27. The molecule has 110 valence electrons. The second kappa shape index (κ2) is 6.52. The van der Waals surface area contributed by atoms with Gasteiger partial charge in [-0.1, -0.05) is 12.1 Å². The highest BCUT2D eigenvalue weighted by molar-refractivity contribution is 5.92. The van der Waals surface area contributed by atoms with E-state index < -0.39 is 5.97 Å². The fourth-order valence-electron chi connectivity index (χ4n) is 1.79. The largest absolute Gasteiger partial charge is 0.480 e. The third-order valence-corrected chi connectivity index (χ3v) is 2.91. The molecule has 0 aliphatic rings. The molecule has 0 saturated carbocycles. The summed E-state index contributed by atoms with van der Waals surface area (Å²) in [5, 5.41) is 11.7. The molecule has 5 heteroatoms. The van der Waals surface area contributed by atoms with Crippen LogP contribution >= 0.6 is 0 Å². The van der Waals surface area contributed by atoms with Crippen molar-refractivity contribution in [3.63, 3.8) is 0 Å². The van der Waals surface area contributed by atoms with Crippen molar-refractivity contribution in [3.8, 4) is 0 Å². The van der Waals surface area contributed by atoms with Crippen molar-refractivity contribution in [2.75, 3.05) is 18.4 Å². The number of aliphatic carboxylic acids is 1. The van der Waals surface area contributed by atoms with Crippen molar-refractivity contribution in [3.05, 3.63) is 29.8 Å². The van der Waals surface area contributed by atoms with E-state index in [0.29, 0.717) is 0 Å². The van der Waals surface area contributed by atoms with Crippen LogP contribution in [0.15, 0.2) is 24.3 Å². The van der Waals surface area contributed by atoms with Crippen LogP contribution in [0.3, 0.4) is 0 Å². The number of carbonyl (C=O) groups is 2. The Balaban J connectivity index is 2.69. The molecule has 0 radical (unpaired) electrons. The zero-order valence-electron chi connectivity index (χ0n) is 12.4. The Morgan fingerprint density at radius 3 is 2.40 bits per heavy atom. The molecular weight excluding hydrogens is 256 g/mol. The Hall–Kier alpha value is -1.88. The topological polar surface area (TPSA) is 69.6 Å². The van der Waals surface area contributed by atoms with Crippen molar-refractivity contribution in [1.82, 2.24) is 4.90 Å². The molecule has 1 amide bonds. The molecule has 0 aliphatic carbocycles. The number of nitrogens with zero attached hydrogens (tertiary/aromatic N) is 1. The van der Waals surface area contributed by atoms with Crippen molar-refractivity contribution in [2.45, 2.75) is 33.2 Å². The van der Waals surface area contributed by atoms with Crippen LogP contribution in [0.25, 0.3) is 0 Å². The number of rotatable bonds is 5. The van der Waals surface area contributed by atoms with Gasteiger partial charge in [-0.25, -0.2) is 0 Å². The van der Waals surface area contributed by atoms with Gasteiger partial charge in [-0.2, -0.15) is 0 Å². The normalized spacial score (nSPS) is 11.4. The molecule has 0 saturated heterocycles. The Morgan fingerprint density at radius 2 is 1.90 bits per heavy atom. The molecule has 1 rings (SSSR count). The lowest BCUT2D eigenvalue weighted by Crippen LogP contribution is -2.48. The van der Waals surface area contributed by atoms with E-state index in [0.717, 1.165) is 11.3 Å². The highest BCUT2D eigenvalue weighted by Crippen LogP contribution is 2.14. The summed E-state index contributed by atoms with van der Waals surface area (Å²) in [7, 11) is 0. The first-order valence-corrected chi connectivity index (χ1v) is 6.52. The van der Waals surface area contributed by atoms with E-state index >= 15 is 0 Å². The van der Waals surface area contributed by atoms with Gasteiger partial charge in [0.15, 0.2) is 0 Å². The summed E-state index contributed by atoms with van der Waals surface area (Å²) in [6.07, 6.45) is 0. The summed E-state index contributed by atoms with van der Waals surface area (Å²) >= 11 is 0. The van der Waals surface area contributed by atoms with Gasteiger partial charge >= 0.3 is 5.97 Å². The Morgan fingerprint density at radius 1 is 1.25 bits per heavy atom. The number of carboxylic acid groups (broad SMARTS) is 1. The standard InChI is InChI=1S/C15H22N2O3/c1-11-6-5-7-12(8-11)16-13(18)9-17(10-14(19)20)15(2,3)4/h5-8H,9-10H2,1-4H3,(H,16,18)(H,19,20). The van der Waals surface area contributed by atoms with Gasteiger partial charge in [0.1, 0.15) is 0 Å². The number of anilines is 1. The summed E-state index contributed by atoms with van der Waals surface area (Å²) in [6.45, 7) is 7.48. The van der Waals surface area contributed by atoms with E-state index in [1.54, 1.807) is 4.90 Å². The second-order valence-electron chi connectivity index (χ2n) is 5.84. The van der Waals surface area contributed by atoms with Crippen LogP contribution in [0.2, 0.25) is 0 Å². The average Bonchev–Trinajstić information content (AvgIpc) is 2.26. The molecule has 0 unspecified atom stereocenters. The summed E-state index contributed by atoms with van der Waals surface area (Å²) in [4.78, 5) is 24.5. The van der Waals surface area contributed by atoms with Crippen LogP contribution in [0, 0.1) is 6.92 Å². The molecule has 1 aromatic carbocycles. The third kappa shape index (κ3) is 5.40. The molecule has 0 spiro atoms. The van der Waals surface area contributed by atoms with Crippen LogP contribution < -0.4 is 5.32 Å². The number of carboxylic acids is 1. The number of carbonyl (C=O) groups excluding carboxylic acids is 1. The van der Waals surface area contributed by atoms with Gasteiger partial charge in [0.25, 0.3) is 0 Å². The minimum Gasteiger partial charge on any atom is -0.480 e. The molecule has 0 atom stereocenters. The lowest BCUT2D eigenvalue weighted by molar-refractivity contribution is -0.140. The summed E-state index contributed by atoms with van der Waals surface area (Å²) < 4.78 is 0. The summed E-state index contributed by atoms with van der Waals surface area (Å²) in [5.74, 6) is -1.16. The minimum absolute atomic E-state index is 0.0454. The smallest absolute Gasteiger partial charge is 0.317 e. The maximum absolute atomic E-state index is 12.0. The summed E-state index contributed by atoms with van der Waals surface area (Å²) in [5.41, 5.74) is 1.39. The predicted octanol–water partition coefficient (Wildman–Crippen LogP) is 2.12. The Labute approximate surface area is 119 Å². The monoisotopic (exact) mass is 278 g/mol. The van der Waals surface area contributed by atoms with E-state index in [-0.39, 0.29) is 24.5 Å². The van der Waals surface area contributed by atoms with E-state index in [1.165, 1.54) is 0 Å². The number of benzene rings is 1. The maximum Gasteiger partial charge on any atom is 0.317 e. The van der Waals surface area contributed by atoms with Crippen molar-refractivity contribution >= 4 is 17.6 Å². The third-order valence-electron chi connectivity index (χ3n) is 2.91. The highest BCUT2D eigenvalue weighted by Gasteiger charge is 2.25. The van der Waals surface area contributed by atoms with Crippen LogP contribution in [0.4, 0.5) is 5.69 Å². The molecule has 20 heavy (non-hydrogen) atoms. The van der Waals surface area contributed by atoms with Crippen LogP contribution in [-0.4, -0.2) is 40.5 Å². The summed E-state index contributed by atoms with van der Waals surface area (Å²) in [6, 6.07) is 7.49. The number of hydrogen-bond acceptors (Lipinski definition) is 3. The van der Waals surface area contributed by atoms with E-state index in [9.17, 15) is 9.59 Å². The van der Waals surface area contributed by atoms with Crippen molar-refractivity contribution in [1.29, 1.82) is 0 Å². The van der Waals surface area contributed by atoms with Crippen molar-refractivity contribution < 1.29 is 14.7 Å². The van der Waals surface area contributed by atoms with Crippen molar-refractivity contribution in [2.24, 2.45) is 0 Å². The van der Waals surface area contributed by atoms with Crippen LogP contribution in [0.5, 0.6) is 0 Å². The zero-order valence-corrected chi connectivity index (χ0v) is 12.4. The molecule has 1 aromatic rings. The van der Waals surface area contributed by atoms with Gasteiger partial charge in [-0.3, -0.25) is 14.5 Å². The fraction of sp³-hybridized carbons (Fsp3) is 0.467. The molecule has 0 aromatic heterocycles. The molecule has 0 aliphatic heterocycles. The highest BCUT2D eigenvalue weighted by atomic mass is 16.4. The first-order chi connectivity index (χ1) is 9.18. The number of amides is 1. The first kappa shape index (κ1) is 16.2. The van der Waals surface area contributed by atoms with Gasteiger partial charge in [-0.15, -0.1) is 0 Å². The second-order valence-corrected chi connectivity index (χ2v) is 5.84. The molecular formula is C15H22N2O3. The maximum atomic E-state index is 12.0. The lowest BCUT2D eigenvalue weighted by atomic mass is 10.1.